The normalized spacial score (nSPS) is 11.4. The summed E-state index contributed by atoms with van der Waals surface area (Å²) in [6.45, 7) is 1.99. The first-order valence-electron chi connectivity index (χ1n) is 8.62. The Kier molecular flexibility index (Phi) is 6.31. The van der Waals surface area contributed by atoms with E-state index in [1.54, 1.807) is 6.21 Å². The van der Waals surface area contributed by atoms with Crippen LogP contribution in [0.3, 0.4) is 0 Å². The number of hydrogen-bond acceptors (Lipinski definition) is 4. The summed E-state index contributed by atoms with van der Waals surface area (Å²) in [5.41, 5.74) is 5.12. The number of aryl methyl sites for hydroxylation is 1. The molecular formula is C21H18ClN3O3S. The molecule has 148 valence electrons. The van der Waals surface area contributed by atoms with Crippen LogP contribution in [-0.2, 0) is 10.0 Å². The Morgan fingerprint density at radius 1 is 0.931 bits per heavy atom. The summed E-state index contributed by atoms with van der Waals surface area (Å²) in [5.74, 6) is -0.402. The van der Waals surface area contributed by atoms with Gasteiger partial charge >= 0.3 is 0 Å². The zero-order valence-electron chi connectivity index (χ0n) is 15.5. The number of carbonyl (C=O) groups is 1. The zero-order chi connectivity index (χ0) is 20.9. The molecule has 3 aromatic rings. The van der Waals surface area contributed by atoms with Crippen LogP contribution in [0.25, 0.3) is 0 Å². The van der Waals surface area contributed by atoms with Crippen molar-refractivity contribution in [3.05, 3.63) is 94.5 Å². The first kappa shape index (κ1) is 20.6. The molecule has 0 atom stereocenters. The highest BCUT2D eigenvalue weighted by atomic mass is 35.5. The highest BCUT2D eigenvalue weighted by Crippen LogP contribution is 2.18. The molecular weight excluding hydrogens is 410 g/mol. The number of benzene rings is 3. The van der Waals surface area contributed by atoms with Crippen molar-refractivity contribution in [2.75, 3.05) is 4.72 Å². The second-order valence-electron chi connectivity index (χ2n) is 6.25. The summed E-state index contributed by atoms with van der Waals surface area (Å²) in [5, 5.41) is 4.38. The molecule has 0 aliphatic heterocycles. The standard InChI is InChI=1S/C21H18ClN3O3S/c1-15-2-4-16(5-3-15)14-23-24-21(26)17-6-10-19(11-7-17)25-29(27,28)20-12-8-18(22)9-13-20/h2-14,25H,1H3,(H,24,26). The minimum atomic E-state index is -3.74. The van der Waals surface area contributed by atoms with E-state index in [4.69, 9.17) is 11.6 Å². The SMILES string of the molecule is Cc1ccc(C=NNC(=O)c2ccc(NS(=O)(=O)c3ccc(Cl)cc3)cc2)cc1. The minimum Gasteiger partial charge on any atom is -0.280 e. The van der Waals surface area contributed by atoms with Crippen molar-refractivity contribution < 1.29 is 13.2 Å². The molecule has 8 heteroatoms. The van der Waals surface area contributed by atoms with Crippen LogP contribution in [0.5, 0.6) is 0 Å². The summed E-state index contributed by atoms with van der Waals surface area (Å²) < 4.78 is 27.2. The van der Waals surface area contributed by atoms with Crippen molar-refractivity contribution in [1.29, 1.82) is 0 Å². The Morgan fingerprint density at radius 2 is 1.55 bits per heavy atom. The Balaban J connectivity index is 1.62. The molecule has 0 bridgehead atoms. The van der Waals surface area contributed by atoms with Crippen molar-refractivity contribution in [3.8, 4) is 0 Å². The monoisotopic (exact) mass is 427 g/mol. The van der Waals surface area contributed by atoms with Gasteiger partial charge in [-0.2, -0.15) is 5.10 Å². The molecule has 0 aliphatic carbocycles. The lowest BCUT2D eigenvalue weighted by molar-refractivity contribution is 0.0955. The summed E-state index contributed by atoms with van der Waals surface area (Å²) in [6, 6.07) is 19.6. The summed E-state index contributed by atoms with van der Waals surface area (Å²) in [6.07, 6.45) is 1.55. The van der Waals surface area contributed by atoms with Crippen LogP contribution in [-0.4, -0.2) is 20.5 Å². The molecule has 0 fully saturated rings. The lowest BCUT2D eigenvalue weighted by Crippen LogP contribution is -2.18. The van der Waals surface area contributed by atoms with Gasteiger partial charge in [-0.3, -0.25) is 9.52 Å². The minimum absolute atomic E-state index is 0.0918. The molecule has 0 saturated carbocycles. The van der Waals surface area contributed by atoms with Crippen LogP contribution < -0.4 is 10.1 Å². The van der Waals surface area contributed by atoms with Crippen LogP contribution in [0.2, 0.25) is 5.02 Å². The predicted octanol–water partition coefficient (Wildman–Crippen LogP) is 4.21. The van der Waals surface area contributed by atoms with Crippen LogP contribution in [0.1, 0.15) is 21.5 Å². The number of rotatable bonds is 6. The Bertz CT molecular complexity index is 1130. The fraction of sp³-hybridized carbons (Fsp3) is 0.0476. The molecule has 0 aromatic heterocycles. The number of nitrogens with zero attached hydrogens (tertiary/aromatic N) is 1. The average molecular weight is 428 g/mol. The van der Waals surface area contributed by atoms with Gasteiger partial charge in [-0.1, -0.05) is 41.4 Å². The molecule has 6 nitrogen and oxygen atoms in total. The van der Waals surface area contributed by atoms with Crippen molar-refractivity contribution in [3.63, 3.8) is 0 Å². The number of amides is 1. The molecule has 1 amide bonds. The number of halogens is 1. The molecule has 0 saturated heterocycles. The fourth-order valence-electron chi connectivity index (χ4n) is 2.40. The number of carbonyl (C=O) groups excluding carboxylic acids is 1. The number of anilines is 1. The summed E-state index contributed by atoms with van der Waals surface area (Å²) >= 11 is 5.78. The van der Waals surface area contributed by atoms with Gasteiger partial charge in [0.1, 0.15) is 0 Å². The van der Waals surface area contributed by atoms with Gasteiger partial charge in [0.05, 0.1) is 11.1 Å². The Hall–Kier alpha value is -3.16. The van der Waals surface area contributed by atoms with Gasteiger partial charge in [0.15, 0.2) is 0 Å². The third-order valence-electron chi connectivity index (χ3n) is 3.98. The second kappa shape index (κ2) is 8.89. The molecule has 0 heterocycles. The highest BCUT2D eigenvalue weighted by molar-refractivity contribution is 7.92. The second-order valence-corrected chi connectivity index (χ2v) is 8.37. The number of hydrazone groups is 1. The van der Waals surface area contributed by atoms with E-state index in [9.17, 15) is 13.2 Å². The van der Waals surface area contributed by atoms with Gasteiger partial charge < -0.3 is 0 Å². The molecule has 3 aromatic carbocycles. The van der Waals surface area contributed by atoms with Crippen molar-refractivity contribution >= 4 is 39.4 Å². The lowest BCUT2D eigenvalue weighted by Gasteiger charge is -2.08. The molecule has 3 rings (SSSR count). The predicted molar refractivity (Wildman–Crippen MR) is 115 cm³/mol. The number of sulfonamides is 1. The van der Waals surface area contributed by atoms with Crippen LogP contribution in [0.4, 0.5) is 5.69 Å². The smallest absolute Gasteiger partial charge is 0.271 e. The summed E-state index contributed by atoms with van der Waals surface area (Å²) in [4.78, 5) is 12.3. The quantitative estimate of drug-likeness (QED) is 0.456. The fourth-order valence-corrected chi connectivity index (χ4v) is 3.58. The Labute approximate surface area is 174 Å². The summed E-state index contributed by atoms with van der Waals surface area (Å²) in [7, 11) is -3.74. The van der Waals surface area contributed by atoms with E-state index in [-0.39, 0.29) is 4.90 Å². The van der Waals surface area contributed by atoms with E-state index >= 15 is 0 Å². The maximum Gasteiger partial charge on any atom is 0.271 e. The van der Waals surface area contributed by atoms with Gasteiger partial charge in [-0.25, -0.2) is 13.8 Å². The van der Waals surface area contributed by atoms with Crippen LogP contribution in [0, 0.1) is 6.92 Å². The van der Waals surface area contributed by atoms with Gasteiger partial charge in [-0.05, 0) is 61.0 Å². The van der Waals surface area contributed by atoms with Crippen LogP contribution >= 0.6 is 11.6 Å². The largest absolute Gasteiger partial charge is 0.280 e. The first-order valence-corrected chi connectivity index (χ1v) is 10.5. The Morgan fingerprint density at radius 3 is 2.17 bits per heavy atom. The van der Waals surface area contributed by atoms with E-state index in [0.29, 0.717) is 16.3 Å². The number of hydrogen-bond donors (Lipinski definition) is 2. The van der Waals surface area contributed by atoms with Gasteiger partial charge in [0.25, 0.3) is 15.9 Å². The van der Waals surface area contributed by atoms with E-state index in [2.05, 4.69) is 15.2 Å². The molecule has 0 radical (unpaired) electrons. The topological polar surface area (TPSA) is 87.6 Å². The van der Waals surface area contributed by atoms with E-state index in [1.807, 2.05) is 31.2 Å². The average Bonchev–Trinajstić information content (AvgIpc) is 2.70. The molecule has 0 unspecified atom stereocenters. The molecule has 2 N–H and O–H groups in total. The zero-order valence-corrected chi connectivity index (χ0v) is 17.0. The molecule has 29 heavy (non-hydrogen) atoms. The van der Waals surface area contributed by atoms with Crippen molar-refractivity contribution in [2.24, 2.45) is 5.10 Å². The molecule has 0 spiro atoms. The van der Waals surface area contributed by atoms with Crippen molar-refractivity contribution in [1.82, 2.24) is 5.43 Å². The maximum absolute atomic E-state index is 12.4. The van der Waals surface area contributed by atoms with E-state index in [0.717, 1.165) is 11.1 Å². The van der Waals surface area contributed by atoms with Crippen LogP contribution in [0.15, 0.2) is 82.8 Å². The number of nitrogens with one attached hydrogen (secondary N) is 2. The maximum atomic E-state index is 12.4. The van der Waals surface area contributed by atoms with Gasteiger partial charge in [0, 0.05) is 16.3 Å². The third-order valence-corrected chi connectivity index (χ3v) is 5.63. The molecule has 0 aliphatic rings. The lowest BCUT2D eigenvalue weighted by atomic mass is 10.2. The van der Waals surface area contributed by atoms with E-state index in [1.165, 1.54) is 48.5 Å². The first-order chi connectivity index (χ1) is 13.8. The van der Waals surface area contributed by atoms with E-state index < -0.39 is 15.9 Å². The van der Waals surface area contributed by atoms with Gasteiger partial charge in [-0.15, -0.1) is 0 Å². The van der Waals surface area contributed by atoms with Crippen molar-refractivity contribution in [2.45, 2.75) is 11.8 Å². The third kappa shape index (κ3) is 5.66. The van der Waals surface area contributed by atoms with Gasteiger partial charge in [0.2, 0.25) is 0 Å². The highest BCUT2D eigenvalue weighted by Gasteiger charge is 2.14.